The van der Waals surface area contributed by atoms with Crippen LogP contribution < -0.4 is 5.32 Å². The zero-order valence-corrected chi connectivity index (χ0v) is 15.0. The van der Waals surface area contributed by atoms with Crippen LogP contribution in [0.15, 0.2) is 17.6 Å². The van der Waals surface area contributed by atoms with Gasteiger partial charge in [0.25, 0.3) is 0 Å². The number of carbonyl (C=O) groups excluding carboxylic acids is 1. The summed E-state index contributed by atoms with van der Waals surface area (Å²) in [4.78, 5) is 19.7. The van der Waals surface area contributed by atoms with Crippen molar-refractivity contribution in [2.24, 2.45) is 4.99 Å². The van der Waals surface area contributed by atoms with Gasteiger partial charge >= 0.3 is 6.09 Å². The van der Waals surface area contributed by atoms with Gasteiger partial charge in [-0.25, -0.2) is 4.79 Å². The van der Waals surface area contributed by atoms with E-state index < -0.39 is 5.60 Å². The van der Waals surface area contributed by atoms with E-state index in [4.69, 9.17) is 4.74 Å². The van der Waals surface area contributed by atoms with Crippen molar-refractivity contribution in [3.63, 3.8) is 0 Å². The highest BCUT2D eigenvalue weighted by Crippen LogP contribution is 2.08. The van der Waals surface area contributed by atoms with E-state index in [0.717, 1.165) is 25.3 Å². The molecular weight excluding hydrogens is 280 g/mol. The largest absolute Gasteiger partial charge is 0.444 e. The van der Waals surface area contributed by atoms with E-state index in [2.05, 4.69) is 21.8 Å². The Morgan fingerprint density at radius 2 is 1.91 bits per heavy atom. The smallest absolute Gasteiger partial charge is 0.410 e. The maximum atomic E-state index is 11.8. The maximum Gasteiger partial charge on any atom is 0.410 e. The van der Waals surface area contributed by atoms with Crippen LogP contribution >= 0.6 is 0 Å². The van der Waals surface area contributed by atoms with Gasteiger partial charge in [0.05, 0.1) is 0 Å². The summed E-state index contributed by atoms with van der Waals surface area (Å²) in [5.74, 6) is 0.821. The fourth-order valence-electron chi connectivity index (χ4n) is 1.73. The second kappa shape index (κ2) is 10.1. The molecule has 0 unspecified atom stereocenters. The van der Waals surface area contributed by atoms with Crippen LogP contribution in [0, 0.1) is 0 Å². The van der Waals surface area contributed by atoms with Gasteiger partial charge in [0, 0.05) is 40.8 Å². The third-order valence-corrected chi connectivity index (χ3v) is 2.91. The lowest BCUT2D eigenvalue weighted by molar-refractivity contribution is 0.0302. The van der Waals surface area contributed by atoms with Crippen molar-refractivity contribution in [1.29, 1.82) is 0 Å². The van der Waals surface area contributed by atoms with Gasteiger partial charge in [0.2, 0.25) is 0 Å². The highest BCUT2D eigenvalue weighted by atomic mass is 16.6. The minimum Gasteiger partial charge on any atom is -0.444 e. The number of carbonyl (C=O) groups is 1. The first-order valence-corrected chi connectivity index (χ1v) is 7.68. The summed E-state index contributed by atoms with van der Waals surface area (Å²) in [6.45, 7) is 11.4. The molecule has 0 radical (unpaired) electrons. The summed E-state index contributed by atoms with van der Waals surface area (Å²) >= 11 is 0. The molecule has 128 valence electrons. The zero-order valence-electron chi connectivity index (χ0n) is 15.0. The molecule has 0 saturated heterocycles. The number of allylic oxidation sites excluding steroid dienone is 1. The van der Waals surface area contributed by atoms with Crippen LogP contribution in [0.4, 0.5) is 4.79 Å². The first-order valence-electron chi connectivity index (χ1n) is 7.68. The van der Waals surface area contributed by atoms with Crippen LogP contribution in [0.5, 0.6) is 0 Å². The molecule has 0 bridgehead atoms. The lowest BCUT2D eigenvalue weighted by Gasteiger charge is -2.26. The minimum atomic E-state index is -0.472. The molecule has 1 amide bonds. The third kappa shape index (κ3) is 9.26. The number of hydrogen-bond donors (Lipinski definition) is 1. The Morgan fingerprint density at radius 1 is 1.27 bits per heavy atom. The number of amides is 1. The average molecular weight is 312 g/mol. The van der Waals surface area contributed by atoms with Crippen LogP contribution in [-0.2, 0) is 4.74 Å². The highest BCUT2D eigenvalue weighted by Gasteiger charge is 2.19. The van der Waals surface area contributed by atoms with E-state index in [1.165, 1.54) is 0 Å². The number of nitrogens with one attached hydrogen (secondary N) is 1. The number of likely N-dealkylation sites (N-methyl/N-ethyl adjacent to an activating group) is 1. The third-order valence-electron chi connectivity index (χ3n) is 2.91. The number of nitrogens with zero attached hydrogens (tertiary/aromatic N) is 3. The van der Waals surface area contributed by atoms with Gasteiger partial charge in [-0.2, -0.15) is 0 Å². The second-order valence-corrected chi connectivity index (χ2v) is 6.23. The van der Waals surface area contributed by atoms with Gasteiger partial charge in [-0.05, 0) is 33.6 Å². The molecule has 0 fully saturated rings. The molecule has 0 heterocycles. The predicted molar refractivity (Wildman–Crippen MR) is 92.3 cm³/mol. The lowest BCUT2D eigenvalue weighted by Crippen LogP contribution is -2.44. The van der Waals surface area contributed by atoms with Crippen LogP contribution in [0.2, 0.25) is 0 Å². The molecule has 0 aromatic heterocycles. The molecule has 0 spiro atoms. The standard InChI is InChI=1S/C16H32N4O2/c1-8-9-10-12-19(6)14(17-5)18-11-13-20(7)15(21)22-16(2,3)4/h8H,1,9-13H2,2-7H3,(H,17,18). The van der Waals surface area contributed by atoms with Gasteiger partial charge in [-0.1, -0.05) is 6.08 Å². The topological polar surface area (TPSA) is 57.2 Å². The van der Waals surface area contributed by atoms with E-state index in [1.54, 1.807) is 19.0 Å². The molecule has 0 aliphatic heterocycles. The van der Waals surface area contributed by atoms with Crippen molar-refractivity contribution in [2.75, 3.05) is 40.8 Å². The molecule has 6 heteroatoms. The van der Waals surface area contributed by atoms with E-state index in [9.17, 15) is 4.79 Å². The number of hydrogen-bond acceptors (Lipinski definition) is 3. The van der Waals surface area contributed by atoms with Crippen LogP contribution in [0.1, 0.15) is 33.6 Å². The van der Waals surface area contributed by atoms with Crippen molar-refractivity contribution in [1.82, 2.24) is 15.1 Å². The molecule has 22 heavy (non-hydrogen) atoms. The SMILES string of the molecule is C=CCCCN(C)C(=NC)NCCN(C)C(=O)OC(C)(C)C. The Morgan fingerprint density at radius 3 is 2.41 bits per heavy atom. The molecule has 6 nitrogen and oxygen atoms in total. The Hall–Kier alpha value is -1.72. The second-order valence-electron chi connectivity index (χ2n) is 6.23. The number of guanidine groups is 1. The van der Waals surface area contributed by atoms with E-state index in [-0.39, 0.29) is 6.09 Å². The summed E-state index contributed by atoms with van der Waals surface area (Å²) < 4.78 is 5.31. The van der Waals surface area contributed by atoms with Crippen molar-refractivity contribution in [2.45, 2.75) is 39.2 Å². The van der Waals surface area contributed by atoms with Crippen LogP contribution in [0.25, 0.3) is 0 Å². The highest BCUT2D eigenvalue weighted by molar-refractivity contribution is 5.79. The zero-order chi connectivity index (χ0) is 17.2. The Bertz CT molecular complexity index is 375. The molecule has 0 aromatic carbocycles. The first-order chi connectivity index (χ1) is 10.2. The van der Waals surface area contributed by atoms with E-state index in [0.29, 0.717) is 13.1 Å². The Kier molecular flexibility index (Phi) is 9.29. The number of aliphatic imine (C=N–C) groups is 1. The quantitative estimate of drug-likeness (QED) is 0.339. The molecule has 0 rings (SSSR count). The number of rotatable bonds is 7. The van der Waals surface area contributed by atoms with Crippen molar-refractivity contribution < 1.29 is 9.53 Å². The molecule has 0 aromatic rings. The molecule has 0 saturated carbocycles. The number of ether oxygens (including phenoxy) is 1. The average Bonchev–Trinajstić information content (AvgIpc) is 2.41. The summed E-state index contributed by atoms with van der Waals surface area (Å²) in [6, 6.07) is 0. The first kappa shape index (κ1) is 20.3. The maximum absolute atomic E-state index is 11.8. The van der Waals surface area contributed by atoms with Gasteiger partial charge in [-0.3, -0.25) is 4.99 Å². The summed E-state index contributed by atoms with van der Waals surface area (Å²) in [7, 11) is 5.48. The van der Waals surface area contributed by atoms with E-state index >= 15 is 0 Å². The molecular formula is C16H32N4O2. The normalized spacial score (nSPS) is 11.8. The van der Waals surface area contributed by atoms with Gasteiger partial charge in [-0.15, -0.1) is 6.58 Å². The summed E-state index contributed by atoms with van der Waals surface area (Å²) in [6.07, 6.45) is 3.63. The van der Waals surface area contributed by atoms with Crippen molar-refractivity contribution >= 4 is 12.1 Å². The monoisotopic (exact) mass is 312 g/mol. The van der Waals surface area contributed by atoms with E-state index in [1.807, 2.05) is 33.9 Å². The Labute approximate surface area is 135 Å². The summed E-state index contributed by atoms with van der Waals surface area (Å²) in [5.41, 5.74) is -0.472. The fourth-order valence-corrected chi connectivity index (χ4v) is 1.73. The molecule has 0 aliphatic rings. The van der Waals surface area contributed by atoms with Gasteiger partial charge < -0.3 is 19.9 Å². The van der Waals surface area contributed by atoms with Crippen molar-refractivity contribution in [3.05, 3.63) is 12.7 Å². The fraction of sp³-hybridized carbons (Fsp3) is 0.750. The van der Waals surface area contributed by atoms with Crippen molar-refractivity contribution in [3.8, 4) is 0 Å². The Balaban J connectivity index is 4.14. The molecule has 1 N–H and O–H groups in total. The number of unbranched alkanes of at least 4 members (excludes halogenated alkanes) is 1. The van der Waals surface area contributed by atoms with Gasteiger partial charge in [0.15, 0.2) is 5.96 Å². The van der Waals surface area contributed by atoms with Crippen LogP contribution in [-0.4, -0.2) is 68.2 Å². The minimum absolute atomic E-state index is 0.316. The summed E-state index contributed by atoms with van der Waals surface area (Å²) in [5, 5.41) is 3.25. The van der Waals surface area contributed by atoms with Crippen LogP contribution in [0.3, 0.4) is 0 Å². The van der Waals surface area contributed by atoms with Gasteiger partial charge in [0.1, 0.15) is 5.60 Å². The molecule has 0 atom stereocenters. The lowest BCUT2D eigenvalue weighted by atomic mass is 10.2. The molecule has 0 aliphatic carbocycles. The predicted octanol–water partition coefficient (Wildman–Crippen LogP) is 2.33.